The minimum Gasteiger partial charge on any atom is -0.457 e. The summed E-state index contributed by atoms with van der Waals surface area (Å²) in [6.07, 6.45) is 2.81. The lowest BCUT2D eigenvalue weighted by molar-refractivity contribution is -0.295. The third-order valence-electron chi connectivity index (χ3n) is 13.2. The van der Waals surface area contributed by atoms with Crippen molar-refractivity contribution >= 4 is 35.2 Å². The summed E-state index contributed by atoms with van der Waals surface area (Å²) in [7, 11) is 5.24. The van der Waals surface area contributed by atoms with Crippen molar-refractivity contribution in [2.75, 3.05) is 27.7 Å². The first-order valence-electron chi connectivity index (χ1n) is 21.4. The Hall–Kier alpha value is -3.47. The van der Waals surface area contributed by atoms with Gasteiger partial charge in [-0.3, -0.25) is 14.4 Å². The maximum Gasteiger partial charge on any atom is 0.410 e. The fraction of sp³-hybridized carbons (Fsp3) is 0.727. The van der Waals surface area contributed by atoms with Gasteiger partial charge >= 0.3 is 12.1 Å². The van der Waals surface area contributed by atoms with Crippen molar-refractivity contribution in [1.82, 2.24) is 24.3 Å². The lowest BCUT2D eigenvalue weighted by Gasteiger charge is -2.47. The fourth-order valence-electron chi connectivity index (χ4n) is 9.73. The molecule has 2 aromatic heterocycles. The van der Waals surface area contributed by atoms with E-state index in [0.29, 0.717) is 37.5 Å². The van der Waals surface area contributed by atoms with Crippen molar-refractivity contribution in [3.63, 3.8) is 0 Å². The van der Waals surface area contributed by atoms with Crippen LogP contribution >= 0.6 is 11.6 Å². The zero-order chi connectivity index (χ0) is 44.3. The van der Waals surface area contributed by atoms with Crippen LogP contribution in [0.4, 0.5) is 4.79 Å². The number of imidazole rings is 1. The number of halogens is 1. The first kappa shape index (κ1) is 47.6. The second-order valence-corrected chi connectivity index (χ2v) is 18.0. The van der Waals surface area contributed by atoms with Gasteiger partial charge in [0.05, 0.1) is 35.9 Å². The summed E-state index contributed by atoms with van der Waals surface area (Å²) in [6, 6.07) is 2.50. The summed E-state index contributed by atoms with van der Waals surface area (Å²) < 4.78 is 33.5. The van der Waals surface area contributed by atoms with Crippen LogP contribution in [0.25, 0.3) is 11.3 Å². The summed E-state index contributed by atoms with van der Waals surface area (Å²) in [5.41, 5.74) is -1.04. The number of methoxy groups -OCH3 is 1. The number of likely N-dealkylation sites (N-methyl/N-ethyl adjacent to an activating group) is 1. The Morgan fingerprint density at radius 1 is 1.00 bits per heavy atom. The molecule has 334 valence electrons. The minimum absolute atomic E-state index is 0.125. The fourth-order valence-corrected chi connectivity index (χ4v) is 9.84. The first-order valence-corrected chi connectivity index (χ1v) is 21.8. The van der Waals surface area contributed by atoms with Gasteiger partial charge in [0.15, 0.2) is 17.7 Å². The number of ether oxygens (including phenoxy) is 5. The monoisotopic (exact) mass is 859 g/mol. The molecule has 1 N–H and O–H groups in total. The van der Waals surface area contributed by atoms with Crippen molar-refractivity contribution in [2.45, 2.75) is 154 Å². The number of nitrogens with zero attached hydrogens (tertiary/aromatic N) is 5. The predicted octanol–water partition coefficient (Wildman–Crippen LogP) is 5.97. The zero-order valence-corrected chi connectivity index (χ0v) is 37.9. The molecule has 5 rings (SSSR count). The second kappa shape index (κ2) is 19.7. The lowest BCUT2D eigenvalue weighted by Crippen LogP contribution is -2.61. The molecule has 0 radical (unpaired) electrons. The Bertz CT molecular complexity index is 1810. The van der Waals surface area contributed by atoms with E-state index in [1.165, 1.54) is 14.0 Å². The largest absolute Gasteiger partial charge is 0.457 e. The third-order valence-corrected chi connectivity index (χ3v) is 13.4. The second-order valence-electron chi connectivity index (χ2n) is 17.6. The van der Waals surface area contributed by atoms with Crippen LogP contribution in [-0.2, 0) is 44.6 Å². The van der Waals surface area contributed by atoms with Crippen molar-refractivity contribution in [3.8, 4) is 11.3 Å². The predicted molar refractivity (Wildman–Crippen MR) is 224 cm³/mol. The number of carbonyl (C=O) groups excluding carboxylic acids is 4. The highest BCUT2D eigenvalue weighted by Gasteiger charge is 2.62. The molecule has 0 spiro atoms. The molecule has 3 fully saturated rings. The number of aliphatic hydroxyl groups excluding tert-OH is 1. The molecule has 5 heterocycles. The Labute approximate surface area is 359 Å². The number of esters is 1. The standard InChI is InChI=1S/C44H66ClN5O10/c1-12-33-44(13-2)38(50(42(55)60-44)19-15-14-18-49-23-31(47-24-49)30-16-17-34(45)46-22-30)27(5)35(51)25(3)21-43(8,56-11)39(28(6)36(52)29(7)40(54)58-33)59-41-37(53)32(48(9)10)20-26(4)57-41/h16-17,22-29,32-33,37-39,41,53H,12-15,18-21H2,1-11H3/t25-,26-,27+,28+,29-,32+,33-,37-,38-,39-,41?,43+,44-/m1/s1. The van der Waals surface area contributed by atoms with Crippen LogP contribution in [0.5, 0.6) is 0 Å². The quantitative estimate of drug-likeness (QED) is 0.115. The maximum atomic E-state index is 14.8. The number of cyclic esters (lactones) is 1. The number of amides is 1. The van der Waals surface area contributed by atoms with E-state index < -0.39 is 83.4 Å². The van der Waals surface area contributed by atoms with Crippen LogP contribution in [-0.4, -0.2) is 135 Å². The maximum absolute atomic E-state index is 14.8. The molecule has 60 heavy (non-hydrogen) atoms. The molecule has 0 aromatic carbocycles. The van der Waals surface area contributed by atoms with Gasteiger partial charge in [-0.05, 0) is 85.5 Å². The number of carbonyl (C=O) groups is 4. The summed E-state index contributed by atoms with van der Waals surface area (Å²) in [5.74, 6) is -4.97. The molecule has 0 aliphatic carbocycles. The van der Waals surface area contributed by atoms with Crippen LogP contribution in [0, 0.1) is 23.7 Å². The average molecular weight is 860 g/mol. The molecule has 13 atom stereocenters. The van der Waals surface area contributed by atoms with E-state index in [2.05, 4.69) is 9.97 Å². The molecule has 3 saturated heterocycles. The van der Waals surface area contributed by atoms with Crippen LogP contribution in [0.2, 0.25) is 5.15 Å². The Morgan fingerprint density at radius 3 is 2.32 bits per heavy atom. The van der Waals surface area contributed by atoms with Crippen molar-refractivity contribution < 1.29 is 48.0 Å². The van der Waals surface area contributed by atoms with Crippen LogP contribution in [0.1, 0.15) is 93.9 Å². The topological polar surface area (TPSA) is 172 Å². The van der Waals surface area contributed by atoms with Gasteiger partial charge in [0.1, 0.15) is 29.1 Å². The highest BCUT2D eigenvalue weighted by Crippen LogP contribution is 2.45. The summed E-state index contributed by atoms with van der Waals surface area (Å²) in [4.78, 5) is 69.5. The number of hydrogen-bond donors (Lipinski definition) is 1. The molecule has 1 unspecified atom stereocenters. The van der Waals surface area contributed by atoms with Crippen molar-refractivity contribution in [1.29, 1.82) is 0 Å². The highest BCUT2D eigenvalue weighted by molar-refractivity contribution is 6.29. The number of unbranched alkanes of at least 4 members (excludes halogenated alkanes) is 1. The summed E-state index contributed by atoms with van der Waals surface area (Å²) in [5, 5.41) is 11.9. The molecule has 2 aromatic rings. The highest BCUT2D eigenvalue weighted by atomic mass is 35.5. The van der Waals surface area contributed by atoms with E-state index in [0.717, 1.165) is 11.3 Å². The number of Topliss-reactive ketones (excluding diaryl/α,β-unsaturated/α-hetero) is 2. The number of hydrogen-bond acceptors (Lipinski definition) is 13. The van der Waals surface area contributed by atoms with Gasteiger partial charge in [-0.2, -0.15) is 0 Å². The number of aromatic nitrogens is 3. The lowest BCUT2D eigenvalue weighted by atomic mass is 9.72. The molecule has 0 bridgehead atoms. The number of aliphatic hydroxyl groups is 1. The number of fused-ring (bicyclic) bond motifs is 1. The third kappa shape index (κ3) is 9.76. The van der Waals surface area contributed by atoms with Gasteiger partial charge in [0.25, 0.3) is 0 Å². The first-order chi connectivity index (χ1) is 28.3. The number of rotatable bonds is 12. The SMILES string of the molecule is CC[C@H]1OC(=O)[C@H](C)C(=O)[C@H](C)[C@@H](OC2O[C@H](C)C[C@H](N(C)C)[C@H]2O)[C@@](C)(OC)C[C@@H](C)C(=O)[C@H](C)[C@H]2N(CCCCn3cnc(-c4ccc(Cl)nc4)c3)C(=O)O[C@]12CC. The number of ketones is 2. The Morgan fingerprint density at radius 2 is 1.70 bits per heavy atom. The van der Waals surface area contributed by atoms with Crippen molar-refractivity contribution in [3.05, 3.63) is 36.0 Å². The van der Waals surface area contributed by atoms with E-state index in [1.807, 2.05) is 70.4 Å². The van der Waals surface area contributed by atoms with Crippen LogP contribution < -0.4 is 0 Å². The van der Waals surface area contributed by atoms with E-state index in [1.54, 1.807) is 37.3 Å². The summed E-state index contributed by atoms with van der Waals surface area (Å²) in [6.45, 7) is 15.1. The molecule has 15 nitrogen and oxygen atoms in total. The van der Waals surface area contributed by atoms with E-state index in [-0.39, 0.29) is 37.2 Å². The van der Waals surface area contributed by atoms with E-state index in [9.17, 15) is 24.3 Å². The smallest absolute Gasteiger partial charge is 0.410 e. The molecule has 0 saturated carbocycles. The molecular weight excluding hydrogens is 794 g/mol. The van der Waals surface area contributed by atoms with Gasteiger partial charge in [-0.15, -0.1) is 0 Å². The van der Waals surface area contributed by atoms with Crippen LogP contribution in [0.3, 0.4) is 0 Å². The van der Waals surface area contributed by atoms with Crippen LogP contribution in [0.15, 0.2) is 30.9 Å². The summed E-state index contributed by atoms with van der Waals surface area (Å²) >= 11 is 5.96. The van der Waals surface area contributed by atoms with Crippen molar-refractivity contribution in [2.24, 2.45) is 23.7 Å². The molecule has 3 aliphatic heterocycles. The average Bonchev–Trinajstić information content (AvgIpc) is 3.81. The normalized spacial score (nSPS) is 35.9. The van der Waals surface area contributed by atoms with Gasteiger partial charge in [0.2, 0.25) is 0 Å². The number of pyridine rings is 1. The minimum atomic E-state index is -1.37. The zero-order valence-electron chi connectivity index (χ0n) is 37.1. The van der Waals surface area contributed by atoms with Gasteiger partial charge < -0.3 is 43.2 Å². The van der Waals surface area contributed by atoms with E-state index in [4.69, 9.17) is 35.3 Å². The van der Waals surface area contributed by atoms with Gasteiger partial charge in [-0.1, -0.05) is 46.2 Å². The number of aryl methyl sites for hydroxylation is 1. The van der Waals surface area contributed by atoms with Gasteiger partial charge in [0, 0.05) is 62.0 Å². The molecule has 16 heteroatoms. The molecular formula is C44H66ClN5O10. The van der Waals surface area contributed by atoms with Gasteiger partial charge in [-0.25, -0.2) is 14.8 Å². The molecule has 3 aliphatic rings. The van der Waals surface area contributed by atoms with E-state index >= 15 is 0 Å². The Balaban J connectivity index is 1.45. The Kier molecular flexibility index (Phi) is 15.6. The molecule has 1 amide bonds.